The number of rotatable bonds is 3. The second-order valence-electron chi connectivity index (χ2n) is 5.53. The fraction of sp³-hybridized carbons (Fsp3) is 0.176. The molecule has 0 atom stereocenters. The van der Waals surface area contributed by atoms with Gasteiger partial charge < -0.3 is 11.1 Å². The minimum atomic E-state index is 0.556. The molecular formula is C17H16N6S. The summed E-state index contributed by atoms with van der Waals surface area (Å²) >= 11 is 1.55. The normalized spacial score (nSPS) is 12.4. The molecule has 1 aromatic carbocycles. The zero-order valence-electron chi connectivity index (χ0n) is 13.2. The molecule has 1 aliphatic rings. The summed E-state index contributed by atoms with van der Waals surface area (Å²) in [4.78, 5) is 18.1. The topological polar surface area (TPSA) is 89.6 Å². The maximum atomic E-state index is 5.71. The molecule has 0 saturated carbocycles. The summed E-state index contributed by atoms with van der Waals surface area (Å²) in [5, 5.41) is 4.01. The summed E-state index contributed by atoms with van der Waals surface area (Å²) < 4.78 is 0. The van der Waals surface area contributed by atoms with E-state index >= 15 is 0 Å². The third-order valence-electron chi connectivity index (χ3n) is 3.95. The van der Waals surface area contributed by atoms with E-state index in [4.69, 9.17) is 5.73 Å². The lowest BCUT2D eigenvalue weighted by Gasteiger charge is -2.18. The number of nitrogens with zero attached hydrogens (tertiary/aromatic N) is 4. The van der Waals surface area contributed by atoms with Crippen LogP contribution in [-0.2, 0) is 12.8 Å². The molecule has 0 radical (unpaired) electrons. The number of aryl methyl sites for hydroxylation is 2. The van der Waals surface area contributed by atoms with E-state index in [2.05, 4.69) is 25.3 Å². The second kappa shape index (κ2) is 6.09. The molecule has 0 unspecified atom stereocenters. The Morgan fingerprint density at radius 3 is 2.67 bits per heavy atom. The van der Waals surface area contributed by atoms with E-state index in [0.29, 0.717) is 5.95 Å². The molecule has 4 rings (SSSR count). The van der Waals surface area contributed by atoms with Crippen LogP contribution in [0.25, 0.3) is 11.3 Å². The van der Waals surface area contributed by atoms with Gasteiger partial charge in [0.1, 0.15) is 0 Å². The van der Waals surface area contributed by atoms with Crippen molar-refractivity contribution in [2.75, 3.05) is 17.3 Å². The van der Waals surface area contributed by atoms with Crippen molar-refractivity contribution in [2.24, 2.45) is 0 Å². The van der Waals surface area contributed by atoms with Crippen molar-refractivity contribution in [1.29, 1.82) is 0 Å². The minimum absolute atomic E-state index is 0.556. The SMILES string of the molecule is CSc1ncc2c(n1)CCc1cnc(Nc3ccc(N)cc3)nc1-2. The number of benzene rings is 1. The van der Waals surface area contributed by atoms with Crippen LogP contribution < -0.4 is 11.1 Å². The molecule has 3 N–H and O–H groups in total. The van der Waals surface area contributed by atoms with Crippen molar-refractivity contribution in [3.05, 3.63) is 47.9 Å². The monoisotopic (exact) mass is 336 g/mol. The van der Waals surface area contributed by atoms with E-state index in [9.17, 15) is 0 Å². The Morgan fingerprint density at radius 2 is 1.88 bits per heavy atom. The number of fused-ring (bicyclic) bond motifs is 3. The van der Waals surface area contributed by atoms with Gasteiger partial charge in [0.05, 0.1) is 11.4 Å². The van der Waals surface area contributed by atoms with Crippen LogP contribution >= 0.6 is 11.8 Å². The number of hydrogen-bond acceptors (Lipinski definition) is 7. The first-order chi connectivity index (χ1) is 11.7. The molecule has 0 amide bonds. The molecule has 0 bridgehead atoms. The van der Waals surface area contributed by atoms with Crippen molar-refractivity contribution in [3.63, 3.8) is 0 Å². The van der Waals surface area contributed by atoms with Crippen molar-refractivity contribution in [3.8, 4) is 11.3 Å². The lowest BCUT2D eigenvalue weighted by molar-refractivity contribution is 0.821. The van der Waals surface area contributed by atoms with E-state index in [1.807, 2.05) is 42.9 Å². The van der Waals surface area contributed by atoms with Gasteiger partial charge in [-0.1, -0.05) is 11.8 Å². The highest BCUT2D eigenvalue weighted by Gasteiger charge is 2.20. The predicted octanol–water partition coefficient (Wildman–Crippen LogP) is 3.08. The predicted molar refractivity (Wildman–Crippen MR) is 96.4 cm³/mol. The molecule has 1 aliphatic carbocycles. The number of nitrogens with one attached hydrogen (secondary N) is 1. The van der Waals surface area contributed by atoms with E-state index in [1.165, 1.54) is 0 Å². The van der Waals surface area contributed by atoms with Gasteiger partial charge in [-0.25, -0.2) is 19.9 Å². The molecule has 0 spiro atoms. The Kier molecular flexibility index (Phi) is 3.78. The fourth-order valence-corrected chi connectivity index (χ4v) is 3.08. The van der Waals surface area contributed by atoms with E-state index in [-0.39, 0.29) is 0 Å². The molecule has 3 aromatic rings. The Bertz CT molecular complexity index is 894. The Hall–Kier alpha value is -2.67. The van der Waals surface area contributed by atoms with E-state index in [1.54, 1.807) is 11.8 Å². The van der Waals surface area contributed by atoms with Crippen LogP contribution in [0.3, 0.4) is 0 Å². The Balaban J connectivity index is 1.70. The average Bonchev–Trinajstić information content (AvgIpc) is 2.63. The molecule has 24 heavy (non-hydrogen) atoms. The lowest BCUT2D eigenvalue weighted by atomic mass is 9.95. The summed E-state index contributed by atoms with van der Waals surface area (Å²) in [5.74, 6) is 0.556. The van der Waals surface area contributed by atoms with Crippen molar-refractivity contribution in [1.82, 2.24) is 19.9 Å². The largest absolute Gasteiger partial charge is 0.399 e. The van der Waals surface area contributed by atoms with Crippen molar-refractivity contribution in [2.45, 2.75) is 18.0 Å². The van der Waals surface area contributed by atoms with Crippen LogP contribution in [0.15, 0.2) is 41.8 Å². The van der Waals surface area contributed by atoms with Gasteiger partial charge in [0, 0.05) is 29.3 Å². The highest BCUT2D eigenvalue weighted by atomic mass is 32.2. The van der Waals surface area contributed by atoms with Crippen molar-refractivity contribution < 1.29 is 0 Å². The molecule has 7 heteroatoms. The molecule has 6 nitrogen and oxygen atoms in total. The molecular weight excluding hydrogens is 320 g/mol. The van der Waals surface area contributed by atoms with E-state index < -0.39 is 0 Å². The molecule has 0 saturated heterocycles. The first-order valence-electron chi connectivity index (χ1n) is 7.61. The highest BCUT2D eigenvalue weighted by molar-refractivity contribution is 7.98. The highest BCUT2D eigenvalue weighted by Crippen LogP contribution is 2.31. The molecule has 0 fully saturated rings. The summed E-state index contributed by atoms with van der Waals surface area (Å²) in [6.07, 6.45) is 7.52. The van der Waals surface area contributed by atoms with Crippen LogP contribution in [0.1, 0.15) is 11.3 Å². The van der Waals surface area contributed by atoms with Gasteiger partial charge in [-0.2, -0.15) is 0 Å². The number of aromatic nitrogens is 4. The Morgan fingerprint density at radius 1 is 1.04 bits per heavy atom. The van der Waals surface area contributed by atoms with Crippen LogP contribution in [0.4, 0.5) is 17.3 Å². The zero-order chi connectivity index (χ0) is 16.5. The zero-order valence-corrected chi connectivity index (χ0v) is 14.0. The maximum absolute atomic E-state index is 5.71. The molecule has 2 heterocycles. The number of anilines is 3. The fourth-order valence-electron chi connectivity index (χ4n) is 2.72. The van der Waals surface area contributed by atoms with E-state index in [0.717, 1.165) is 51.9 Å². The number of hydrogen-bond donors (Lipinski definition) is 2. The summed E-state index contributed by atoms with van der Waals surface area (Å²) in [7, 11) is 0. The third-order valence-corrected chi connectivity index (χ3v) is 4.51. The van der Waals surface area contributed by atoms with Crippen LogP contribution in [0.2, 0.25) is 0 Å². The van der Waals surface area contributed by atoms with Gasteiger partial charge >= 0.3 is 0 Å². The lowest BCUT2D eigenvalue weighted by Crippen LogP contribution is -2.11. The van der Waals surface area contributed by atoms with Crippen molar-refractivity contribution >= 4 is 29.1 Å². The van der Waals surface area contributed by atoms with Crippen LogP contribution in [-0.4, -0.2) is 26.2 Å². The molecule has 120 valence electrons. The number of nitrogens with two attached hydrogens (primary N) is 1. The van der Waals surface area contributed by atoms with Gasteiger partial charge in [0.2, 0.25) is 5.95 Å². The Labute approximate surface area is 144 Å². The molecule has 0 aliphatic heterocycles. The first kappa shape index (κ1) is 14.9. The van der Waals surface area contributed by atoms with Gasteiger partial charge in [0.15, 0.2) is 5.16 Å². The standard InChI is InChI=1S/C17H16N6S/c1-24-17-20-9-13-14(22-17)7-2-10-8-19-16(23-15(10)13)21-12-5-3-11(18)4-6-12/h3-6,8-9H,2,7,18H2,1H3,(H,19,21,23). The van der Waals surface area contributed by atoms with Gasteiger partial charge in [0.25, 0.3) is 0 Å². The van der Waals surface area contributed by atoms with Crippen LogP contribution in [0.5, 0.6) is 0 Å². The van der Waals surface area contributed by atoms with Gasteiger partial charge in [-0.15, -0.1) is 0 Å². The maximum Gasteiger partial charge on any atom is 0.227 e. The first-order valence-corrected chi connectivity index (χ1v) is 8.84. The average molecular weight is 336 g/mol. The summed E-state index contributed by atoms with van der Waals surface area (Å²) in [6.45, 7) is 0. The smallest absolute Gasteiger partial charge is 0.227 e. The molecule has 2 aromatic heterocycles. The van der Waals surface area contributed by atoms with Gasteiger partial charge in [-0.05, 0) is 48.9 Å². The number of nitrogen functional groups attached to an aromatic ring is 1. The van der Waals surface area contributed by atoms with Gasteiger partial charge in [-0.3, -0.25) is 0 Å². The quantitative estimate of drug-likeness (QED) is 0.431. The number of thioether (sulfide) groups is 1. The summed E-state index contributed by atoms with van der Waals surface area (Å²) in [6, 6.07) is 7.49. The summed E-state index contributed by atoms with van der Waals surface area (Å²) in [5.41, 5.74) is 11.4. The second-order valence-corrected chi connectivity index (χ2v) is 6.30. The van der Waals surface area contributed by atoms with Crippen LogP contribution in [0, 0.1) is 0 Å². The minimum Gasteiger partial charge on any atom is -0.399 e. The third kappa shape index (κ3) is 2.78.